The zero-order valence-electron chi connectivity index (χ0n) is 13.2. The fourth-order valence-corrected chi connectivity index (χ4v) is 3.93. The van der Waals surface area contributed by atoms with Crippen LogP contribution in [-0.2, 0) is 0 Å². The predicted octanol–water partition coefficient (Wildman–Crippen LogP) is 4.05. The highest BCUT2D eigenvalue weighted by Gasteiger charge is 2.39. The summed E-state index contributed by atoms with van der Waals surface area (Å²) in [6, 6.07) is 4.35. The molecule has 0 saturated heterocycles. The van der Waals surface area contributed by atoms with Gasteiger partial charge in [-0.25, -0.2) is 0 Å². The number of nitrogens with zero attached hydrogens (tertiary/aromatic N) is 1. The SMILES string of the molecule is O=C(c1cc(Cl)c2c(c1)OCCCO2)N(C1CCCC1)C1CC1. The number of carbonyl (C=O) groups excluding carboxylic acids is 1. The van der Waals surface area contributed by atoms with Crippen LogP contribution in [0.2, 0.25) is 5.02 Å². The fourth-order valence-electron chi connectivity index (χ4n) is 3.67. The first-order chi connectivity index (χ1) is 11.2. The molecule has 0 N–H and O–H groups in total. The van der Waals surface area contributed by atoms with Crippen molar-refractivity contribution < 1.29 is 14.3 Å². The summed E-state index contributed by atoms with van der Waals surface area (Å²) < 4.78 is 11.4. The van der Waals surface area contributed by atoms with E-state index in [9.17, 15) is 4.79 Å². The second-order valence-corrected chi connectivity index (χ2v) is 7.12. The number of carbonyl (C=O) groups is 1. The highest BCUT2D eigenvalue weighted by atomic mass is 35.5. The van der Waals surface area contributed by atoms with Gasteiger partial charge >= 0.3 is 0 Å². The lowest BCUT2D eigenvalue weighted by atomic mass is 10.1. The van der Waals surface area contributed by atoms with Gasteiger partial charge in [-0.05, 0) is 37.8 Å². The molecule has 1 heterocycles. The van der Waals surface area contributed by atoms with Crippen molar-refractivity contribution in [3.05, 3.63) is 22.7 Å². The monoisotopic (exact) mass is 335 g/mol. The lowest BCUT2D eigenvalue weighted by Gasteiger charge is -2.29. The van der Waals surface area contributed by atoms with Gasteiger partial charge in [0, 0.05) is 24.1 Å². The van der Waals surface area contributed by atoms with Gasteiger partial charge < -0.3 is 14.4 Å². The van der Waals surface area contributed by atoms with E-state index in [0.717, 1.165) is 32.1 Å². The summed E-state index contributed by atoms with van der Waals surface area (Å²) in [6.45, 7) is 1.19. The van der Waals surface area contributed by atoms with Gasteiger partial charge in [0.15, 0.2) is 11.5 Å². The standard InChI is InChI=1S/C18H22ClNO3/c19-15-10-12(11-16-17(15)23-9-3-8-22-16)18(21)20(14-6-7-14)13-4-1-2-5-13/h10-11,13-14H,1-9H2. The minimum absolute atomic E-state index is 0.0944. The van der Waals surface area contributed by atoms with Gasteiger partial charge in [0.1, 0.15) is 0 Å². The molecule has 0 atom stereocenters. The second-order valence-electron chi connectivity index (χ2n) is 6.72. The normalized spacial score (nSPS) is 21.1. The van der Waals surface area contributed by atoms with Crippen molar-refractivity contribution in [2.75, 3.05) is 13.2 Å². The number of hydrogen-bond donors (Lipinski definition) is 0. The van der Waals surface area contributed by atoms with Crippen LogP contribution in [0.5, 0.6) is 11.5 Å². The van der Waals surface area contributed by atoms with Crippen LogP contribution in [0.3, 0.4) is 0 Å². The Morgan fingerprint density at radius 2 is 1.70 bits per heavy atom. The first kappa shape index (κ1) is 15.1. The van der Waals surface area contributed by atoms with E-state index in [2.05, 4.69) is 4.90 Å². The van der Waals surface area contributed by atoms with Crippen molar-refractivity contribution in [2.24, 2.45) is 0 Å². The van der Waals surface area contributed by atoms with E-state index in [1.165, 1.54) is 12.8 Å². The van der Waals surface area contributed by atoms with Gasteiger partial charge in [-0.2, -0.15) is 0 Å². The lowest BCUT2D eigenvalue weighted by Crippen LogP contribution is -2.40. The molecular weight excluding hydrogens is 314 g/mol. The maximum absolute atomic E-state index is 13.1. The average Bonchev–Trinajstić information content (AvgIpc) is 3.28. The molecule has 1 aromatic rings. The Morgan fingerprint density at radius 1 is 1.00 bits per heavy atom. The third-order valence-corrected chi connectivity index (χ3v) is 5.22. The number of fused-ring (bicyclic) bond motifs is 1. The molecule has 0 bridgehead atoms. The molecule has 4 nitrogen and oxygen atoms in total. The topological polar surface area (TPSA) is 38.8 Å². The highest BCUT2D eigenvalue weighted by Crippen LogP contribution is 2.40. The van der Waals surface area contributed by atoms with Crippen molar-refractivity contribution in [3.63, 3.8) is 0 Å². The molecule has 0 aromatic heterocycles. The van der Waals surface area contributed by atoms with Gasteiger partial charge in [-0.15, -0.1) is 0 Å². The van der Waals surface area contributed by atoms with Gasteiger partial charge in [0.05, 0.1) is 18.2 Å². The number of amides is 1. The zero-order chi connectivity index (χ0) is 15.8. The molecular formula is C18H22ClNO3. The third kappa shape index (κ3) is 3.01. The van der Waals surface area contributed by atoms with Crippen LogP contribution in [0, 0.1) is 0 Å². The Kier molecular flexibility index (Phi) is 4.10. The summed E-state index contributed by atoms with van der Waals surface area (Å²) in [6.07, 6.45) is 7.78. The Labute approximate surface area is 141 Å². The molecule has 124 valence electrons. The third-order valence-electron chi connectivity index (χ3n) is 4.94. The summed E-state index contributed by atoms with van der Waals surface area (Å²) >= 11 is 6.35. The summed E-state index contributed by atoms with van der Waals surface area (Å²) in [5.41, 5.74) is 0.623. The molecule has 5 heteroatoms. The summed E-state index contributed by atoms with van der Waals surface area (Å²) in [5, 5.41) is 0.468. The quantitative estimate of drug-likeness (QED) is 0.836. The molecule has 1 aromatic carbocycles. The van der Waals surface area contributed by atoms with Crippen molar-refractivity contribution in [1.29, 1.82) is 0 Å². The van der Waals surface area contributed by atoms with Crippen LogP contribution < -0.4 is 9.47 Å². The largest absolute Gasteiger partial charge is 0.489 e. The van der Waals surface area contributed by atoms with E-state index in [4.69, 9.17) is 21.1 Å². The van der Waals surface area contributed by atoms with Crippen molar-refractivity contribution in [3.8, 4) is 11.5 Å². The van der Waals surface area contributed by atoms with Crippen LogP contribution in [0.25, 0.3) is 0 Å². The molecule has 1 amide bonds. The minimum atomic E-state index is 0.0944. The number of rotatable bonds is 3. The van der Waals surface area contributed by atoms with Crippen LogP contribution in [0.15, 0.2) is 12.1 Å². The smallest absolute Gasteiger partial charge is 0.254 e. The highest BCUT2D eigenvalue weighted by molar-refractivity contribution is 6.32. The Balaban J connectivity index is 1.64. The van der Waals surface area contributed by atoms with Gasteiger partial charge in [-0.3, -0.25) is 4.79 Å². The molecule has 2 saturated carbocycles. The summed E-state index contributed by atoms with van der Waals surface area (Å²) in [5.74, 6) is 1.26. The van der Waals surface area contributed by atoms with Crippen molar-refractivity contribution in [2.45, 2.75) is 57.0 Å². The Bertz CT molecular complexity index is 609. The van der Waals surface area contributed by atoms with E-state index >= 15 is 0 Å². The molecule has 4 rings (SSSR count). The molecule has 2 aliphatic carbocycles. The first-order valence-electron chi connectivity index (χ1n) is 8.66. The molecule has 23 heavy (non-hydrogen) atoms. The van der Waals surface area contributed by atoms with Crippen LogP contribution >= 0.6 is 11.6 Å². The Hall–Kier alpha value is -1.42. The van der Waals surface area contributed by atoms with E-state index in [0.29, 0.717) is 47.4 Å². The van der Waals surface area contributed by atoms with Crippen LogP contribution in [-0.4, -0.2) is 36.1 Å². The lowest BCUT2D eigenvalue weighted by molar-refractivity contribution is 0.0664. The van der Waals surface area contributed by atoms with E-state index in [1.807, 2.05) is 0 Å². The second kappa shape index (κ2) is 6.23. The Morgan fingerprint density at radius 3 is 2.43 bits per heavy atom. The number of ether oxygens (including phenoxy) is 2. The molecule has 1 aliphatic heterocycles. The van der Waals surface area contributed by atoms with Crippen LogP contribution in [0.1, 0.15) is 55.3 Å². The fraction of sp³-hybridized carbons (Fsp3) is 0.611. The van der Waals surface area contributed by atoms with Gasteiger partial charge in [0.25, 0.3) is 5.91 Å². The molecule has 2 fully saturated rings. The zero-order valence-corrected chi connectivity index (χ0v) is 14.0. The van der Waals surface area contributed by atoms with E-state index in [1.54, 1.807) is 12.1 Å². The molecule has 0 spiro atoms. The molecule has 0 radical (unpaired) electrons. The number of halogens is 1. The van der Waals surface area contributed by atoms with Gasteiger partial charge in [0.2, 0.25) is 0 Å². The minimum Gasteiger partial charge on any atom is -0.489 e. The maximum Gasteiger partial charge on any atom is 0.254 e. The average molecular weight is 336 g/mol. The summed E-state index contributed by atoms with van der Waals surface area (Å²) in [4.78, 5) is 15.2. The molecule has 3 aliphatic rings. The van der Waals surface area contributed by atoms with Crippen molar-refractivity contribution in [1.82, 2.24) is 4.90 Å². The number of hydrogen-bond acceptors (Lipinski definition) is 3. The number of benzene rings is 1. The van der Waals surface area contributed by atoms with Crippen molar-refractivity contribution >= 4 is 17.5 Å². The first-order valence-corrected chi connectivity index (χ1v) is 9.03. The molecule has 0 unspecified atom stereocenters. The van der Waals surface area contributed by atoms with Gasteiger partial charge in [-0.1, -0.05) is 24.4 Å². The van der Waals surface area contributed by atoms with E-state index in [-0.39, 0.29) is 5.91 Å². The summed E-state index contributed by atoms with van der Waals surface area (Å²) in [7, 11) is 0. The predicted molar refractivity (Wildman–Crippen MR) is 88.5 cm³/mol. The van der Waals surface area contributed by atoms with E-state index < -0.39 is 0 Å². The maximum atomic E-state index is 13.1. The van der Waals surface area contributed by atoms with Crippen LogP contribution in [0.4, 0.5) is 0 Å².